The van der Waals surface area contributed by atoms with E-state index in [1.54, 1.807) is 7.11 Å². The summed E-state index contributed by atoms with van der Waals surface area (Å²) < 4.78 is 10.3. The van der Waals surface area contributed by atoms with Crippen LogP contribution in [0.4, 0.5) is 0 Å². The van der Waals surface area contributed by atoms with Gasteiger partial charge in [-0.25, -0.2) is 0 Å². The maximum absolute atomic E-state index is 12.0. The van der Waals surface area contributed by atoms with E-state index in [0.29, 0.717) is 19.1 Å². The molecular weight excluding hydrogens is 256 g/mol. The Morgan fingerprint density at radius 1 is 1.20 bits per heavy atom. The second kappa shape index (κ2) is 10.1. The molecule has 0 radical (unpaired) electrons. The summed E-state index contributed by atoms with van der Waals surface area (Å²) in [7, 11) is 1.66. The molecule has 0 aromatic carbocycles. The van der Waals surface area contributed by atoms with Crippen molar-refractivity contribution in [1.29, 1.82) is 0 Å². The first-order valence-electron chi connectivity index (χ1n) is 7.73. The van der Waals surface area contributed by atoms with Gasteiger partial charge in [0.05, 0.1) is 13.2 Å². The molecular formula is C15H30N2O3. The van der Waals surface area contributed by atoms with Gasteiger partial charge in [-0.1, -0.05) is 6.92 Å². The highest BCUT2D eigenvalue weighted by atomic mass is 16.5. The highest BCUT2D eigenvalue weighted by molar-refractivity contribution is 5.78. The molecule has 1 aliphatic rings. The van der Waals surface area contributed by atoms with Crippen LogP contribution in [0.15, 0.2) is 0 Å². The molecule has 0 aliphatic heterocycles. The van der Waals surface area contributed by atoms with Crippen molar-refractivity contribution in [2.75, 3.05) is 33.5 Å². The average molecular weight is 286 g/mol. The first-order valence-corrected chi connectivity index (χ1v) is 7.73. The fraction of sp³-hybridized carbons (Fsp3) is 0.933. The molecule has 3 N–H and O–H groups in total. The lowest BCUT2D eigenvalue weighted by Crippen LogP contribution is -2.40. The SMILES string of the molecule is COCCOCCCCNC(=O)C1CC(C)CC(N)C1. The van der Waals surface area contributed by atoms with Gasteiger partial charge in [-0.15, -0.1) is 0 Å². The lowest BCUT2D eigenvalue weighted by atomic mass is 9.79. The topological polar surface area (TPSA) is 73.6 Å². The molecule has 0 spiro atoms. The second-order valence-corrected chi connectivity index (χ2v) is 5.87. The zero-order valence-electron chi connectivity index (χ0n) is 12.9. The average Bonchev–Trinajstić information content (AvgIpc) is 2.40. The van der Waals surface area contributed by atoms with Gasteiger partial charge in [0.1, 0.15) is 0 Å². The number of hydrogen-bond acceptors (Lipinski definition) is 4. The summed E-state index contributed by atoms with van der Waals surface area (Å²) in [6, 6.07) is 0.184. The molecule has 1 saturated carbocycles. The summed E-state index contributed by atoms with van der Waals surface area (Å²) in [4.78, 5) is 12.0. The smallest absolute Gasteiger partial charge is 0.223 e. The van der Waals surface area contributed by atoms with Crippen molar-refractivity contribution in [3.8, 4) is 0 Å². The summed E-state index contributed by atoms with van der Waals surface area (Å²) in [6.45, 7) is 4.91. The summed E-state index contributed by atoms with van der Waals surface area (Å²) in [6.07, 6.45) is 4.76. The molecule has 1 amide bonds. The van der Waals surface area contributed by atoms with Crippen LogP contribution in [-0.2, 0) is 14.3 Å². The Hall–Kier alpha value is -0.650. The largest absolute Gasteiger partial charge is 0.382 e. The van der Waals surface area contributed by atoms with Gasteiger partial charge in [-0.05, 0) is 38.0 Å². The molecule has 0 aromatic rings. The van der Waals surface area contributed by atoms with Crippen LogP contribution in [0.5, 0.6) is 0 Å². The Kier molecular flexibility index (Phi) is 8.82. The first kappa shape index (κ1) is 17.4. The van der Waals surface area contributed by atoms with E-state index in [1.165, 1.54) is 0 Å². The highest BCUT2D eigenvalue weighted by Crippen LogP contribution is 2.27. The molecule has 1 fully saturated rings. The van der Waals surface area contributed by atoms with Crippen LogP contribution in [0.25, 0.3) is 0 Å². The summed E-state index contributed by atoms with van der Waals surface area (Å²) in [5.74, 6) is 0.836. The van der Waals surface area contributed by atoms with Crippen LogP contribution < -0.4 is 11.1 Å². The van der Waals surface area contributed by atoms with E-state index in [2.05, 4.69) is 12.2 Å². The van der Waals surface area contributed by atoms with Crippen molar-refractivity contribution in [3.05, 3.63) is 0 Å². The van der Waals surface area contributed by atoms with Gasteiger partial charge in [-0.2, -0.15) is 0 Å². The van der Waals surface area contributed by atoms with Gasteiger partial charge >= 0.3 is 0 Å². The first-order chi connectivity index (χ1) is 9.63. The monoisotopic (exact) mass is 286 g/mol. The van der Waals surface area contributed by atoms with Gasteiger partial charge in [0.2, 0.25) is 5.91 Å². The molecule has 0 bridgehead atoms. The number of amides is 1. The number of unbranched alkanes of at least 4 members (excludes halogenated alkanes) is 1. The van der Waals surface area contributed by atoms with Crippen LogP contribution in [0.1, 0.15) is 39.0 Å². The molecule has 0 saturated heterocycles. The number of nitrogens with two attached hydrogens (primary N) is 1. The number of ether oxygens (including phenoxy) is 2. The van der Waals surface area contributed by atoms with Crippen molar-refractivity contribution in [2.24, 2.45) is 17.6 Å². The Bertz CT molecular complexity index is 264. The molecule has 3 atom stereocenters. The van der Waals surface area contributed by atoms with Crippen molar-refractivity contribution < 1.29 is 14.3 Å². The molecule has 118 valence electrons. The molecule has 1 rings (SSSR count). The fourth-order valence-electron chi connectivity index (χ4n) is 2.80. The molecule has 3 unspecified atom stereocenters. The number of carbonyl (C=O) groups excluding carboxylic acids is 1. The summed E-state index contributed by atoms with van der Waals surface area (Å²) >= 11 is 0. The summed E-state index contributed by atoms with van der Waals surface area (Å²) in [5, 5.41) is 3.02. The Labute approximate surface area is 122 Å². The van der Waals surface area contributed by atoms with Gasteiger partial charge in [-0.3, -0.25) is 4.79 Å². The number of nitrogens with one attached hydrogen (secondary N) is 1. The maximum Gasteiger partial charge on any atom is 0.223 e. The number of carbonyl (C=O) groups is 1. The fourth-order valence-corrected chi connectivity index (χ4v) is 2.80. The molecule has 0 heterocycles. The zero-order valence-corrected chi connectivity index (χ0v) is 12.9. The third-order valence-corrected chi connectivity index (χ3v) is 3.80. The van der Waals surface area contributed by atoms with Gasteiger partial charge in [0.25, 0.3) is 0 Å². The lowest BCUT2D eigenvalue weighted by Gasteiger charge is -2.30. The highest BCUT2D eigenvalue weighted by Gasteiger charge is 2.28. The summed E-state index contributed by atoms with van der Waals surface area (Å²) in [5.41, 5.74) is 5.98. The third kappa shape index (κ3) is 7.22. The minimum absolute atomic E-state index is 0.103. The number of hydrogen-bond donors (Lipinski definition) is 2. The van der Waals surface area contributed by atoms with Gasteiger partial charge < -0.3 is 20.5 Å². The van der Waals surface area contributed by atoms with Crippen molar-refractivity contribution in [1.82, 2.24) is 5.32 Å². The lowest BCUT2D eigenvalue weighted by molar-refractivity contribution is -0.126. The second-order valence-electron chi connectivity index (χ2n) is 5.87. The standard InChI is InChI=1S/C15H30N2O3/c1-12-9-13(11-14(16)10-12)15(18)17-5-3-4-6-20-8-7-19-2/h12-14H,3-11,16H2,1-2H3,(H,17,18). The molecule has 1 aliphatic carbocycles. The van der Waals surface area contributed by atoms with E-state index in [0.717, 1.165) is 45.3 Å². The zero-order chi connectivity index (χ0) is 14.8. The van der Waals surface area contributed by atoms with E-state index in [9.17, 15) is 4.79 Å². The molecule has 5 heteroatoms. The van der Waals surface area contributed by atoms with E-state index in [1.807, 2.05) is 0 Å². The molecule has 0 aromatic heterocycles. The van der Waals surface area contributed by atoms with Crippen molar-refractivity contribution in [2.45, 2.75) is 45.1 Å². The Morgan fingerprint density at radius 2 is 2.00 bits per heavy atom. The minimum Gasteiger partial charge on any atom is -0.382 e. The minimum atomic E-state index is 0.103. The number of methoxy groups -OCH3 is 1. The number of rotatable bonds is 9. The van der Waals surface area contributed by atoms with Crippen LogP contribution >= 0.6 is 0 Å². The van der Waals surface area contributed by atoms with E-state index in [4.69, 9.17) is 15.2 Å². The Balaban J connectivity index is 2.02. The molecule has 20 heavy (non-hydrogen) atoms. The predicted octanol–water partition coefficient (Wildman–Crippen LogP) is 1.31. The van der Waals surface area contributed by atoms with E-state index < -0.39 is 0 Å². The van der Waals surface area contributed by atoms with E-state index >= 15 is 0 Å². The quantitative estimate of drug-likeness (QED) is 0.627. The normalized spacial score (nSPS) is 26.4. The van der Waals surface area contributed by atoms with Crippen LogP contribution in [0.3, 0.4) is 0 Å². The molecule has 5 nitrogen and oxygen atoms in total. The van der Waals surface area contributed by atoms with Crippen LogP contribution in [0, 0.1) is 11.8 Å². The van der Waals surface area contributed by atoms with Gasteiger partial charge in [0, 0.05) is 32.2 Å². The van der Waals surface area contributed by atoms with Crippen LogP contribution in [-0.4, -0.2) is 45.4 Å². The third-order valence-electron chi connectivity index (χ3n) is 3.80. The van der Waals surface area contributed by atoms with Crippen molar-refractivity contribution in [3.63, 3.8) is 0 Å². The van der Waals surface area contributed by atoms with Crippen molar-refractivity contribution >= 4 is 5.91 Å². The van der Waals surface area contributed by atoms with E-state index in [-0.39, 0.29) is 17.9 Å². The Morgan fingerprint density at radius 3 is 2.70 bits per heavy atom. The predicted molar refractivity (Wildman–Crippen MR) is 79.4 cm³/mol. The van der Waals surface area contributed by atoms with Crippen LogP contribution in [0.2, 0.25) is 0 Å². The maximum atomic E-state index is 12.0. The van der Waals surface area contributed by atoms with Gasteiger partial charge in [0.15, 0.2) is 0 Å².